The van der Waals surface area contributed by atoms with E-state index in [-0.39, 0.29) is 0 Å². The molecule has 17 heavy (non-hydrogen) atoms. The lowest BCUT2D eigenvalue weighted by atomic mass is 10.1. The molecule has 0 aromatic carbocycles. The van der Waals surface area contributed by atoms with Crippen molar-refractivity contribution in [1.29, 1.82) is 0 Å². The van der Waals surface area contributed by atoms with Crippen LogP contribution in [-0.4, -0.2) is 40.0 Å². The molecule has 3 atom stereocenters. The van der Waals surface area contributed by atoms with E-state index in [1.165, 1.54) is 0 Å². The predicted octanol–water partition coefficient (Wildman–Crippen LogP) is 1.53. The molecule has 0 aliphatic carbocycles. The van der Waals surface area contributed by atoms with Gasteiger partial charge in [0.05, 0.1) is 17.4 Å². The Bertz CT molecular complexity index is 379. The number of aromatic nitrogens is 2. The molecule has 4 heteroatoms. The number of rotatable bonds is 2. The Morgan fingerprint density at radius 1 is 1.35 bits per heavy atom. The molecule has 1 aromatic heterocycles. The number of hydrogen-bond donors (Lipinski definition) is 1. The quantitative estimate of drug-likeness (QED) is 0.842. The van der Waals surface area contributed by atoms with Gasteiger partial charge in [-0.15, -0.1) is 0 Å². The highest BCUT2D eigenvalue weighted by atomic mass is 15.3. The van der Waals surface area contributed by atoms with E-state index < -0.39 is 0 Å². The molecular formula is C13H22N4. The van der Waals surface area contributed by atoms with Crippen LogP contribution in [0, 0.1) is 6.92 Å². The van der Waals surface area contributed by atoms with E-state index in [9.17, 15) is 0 Å². The second kappa shape index (κ2) is 5.10. The van der Waals surface area contributed by atoms with E-state index in [1.54, 1.807) is 12.4 Å². The van der Waals surface area contributed by atoms with Crippen LogP contribution < -0.4 is 5.32 Å². The van der Waals surface area contributed by atoms with Crippen molar-refractivity contribution in [3.05, 3.63) is 23.8 Å². The van der Waals surface area contributed by atoms with Crippen LogP contribution in [0.1, 0.15) is 38.2 Å². The van der Waals surface area contributed by atoms with Crippen molar-refractivity contribution in [2.75, 3.05) is 13.1 Å². The Labute approximate surface area is 103 Å². The van der Waals surface area contributed by atoms with Gasteiger partial charge in [0.25, 0.3) is 0 Å². The average Bonchev–Trinajstić information content (AvgIpc) is 2.32. The first-order valence-corrected chi connectivity index (χ1v) is 6.36. The molecule has 94 valence electrons. The summed E-state index contributed by atoms with van der Waals surface area (Å²) in [5.74, 6) is 0. The van der Waals surface area contributed by atoms with E-state index in [2.05, 4.69) is 41.0 Å². The van der Waals surface area contributed by atoms with Gasteiger partial charge in [-0.05, 0) is 27.7 Å². The molecule has 1 aliphatic rings. The topological polar surface area (TPSA) is 41.1 Å². The van der Waals surface area contributed by atoms with Crippen LogP contribution in [0.5, 0.6) is 0 Å². The summed E-state index contributed by atoms with van der Waals surface area (Å²) in [6, 6.07) is 1.43. The lowest BCUT2D eigenvalue weighted by molar-refractivity contribution is 0.101. The van der Waals surface area contributed by atoms with Crippen LogP contribution in [0.15, 0.2) is 12.4 Å². The Kier molecular flexibility index (Phi) is 3.74. The Morgan fingerprint density at radius 2 is 2.06 bits per heavy atom. The van der Waals surface area contributed by atoms with Gasteiger partial charge in [-0.2, -0.15) is 0 Å². The zero-order valence-corrected chi connectivity index (χ0v) is 11.1. The zero-order chi connectivity index (χ0) is 12.4. The summed E-state index contributed by atoms with van der Waals surface area (Å²) in [6.45, 7) is 10.9. The minimum Gasteiger partial charge on any atom is -0.311 e. The maximum absolute atomic E-state index is 4.49. The molecule has 2 heterocycles. The van der Waals surface area contributed by atoms with Crippen molar-refractivity contribution in [2.45, 2.75) is 45.8 Å². The summed E-state index contributed by atoms with van der Waals surface area (Å²) >= 11 is 0. The summed E-state index contributed by atoms with van der Waals surface area (Å²) < 4.78 is 0. The van der Waals surface area contributed by atoms with E-state index in [4.69, 9.17) is 0 Å². The van der Waals surface area contributed by atoms with Crippen molar-refractivity contribution in [3.63, 3.8) is 0 Å². The second-order valence-corrected chi connectivity index (χ2v) is 5.06. The minimum atomic E-state index is 0.336. The Balaban J connectivity index is 2.18. The van der Waals surface area contributed by atoms with Gasteiger partial charge in [-0.1, -0.05) is 0 Å². The van der Waals surface area contributed by atoms with Crippen LogP contribution in [0.3, 0.4) is 0 Å². The fourth-order valence-corrected chi connectivity index (χ4v) is 2.58. The Hall–Kier alpha value is -1.00. The number of aryl methyl sites for hydroxylation is 1. The van der Waals surface area contributed by atoms with Crippen LogP contribution in [-0.2, 0) is 0 Å². The SMILES string of the molecule is Cc1nccnc1C(C)N1CC(C)NCC1C. The highest BCUT2D eigenvalue weighted by molar-refractivity contribution is 5.13. The van der Waals surface area contributed by atoms with E-state index in [0.717, 1.165) is 24.5 Å². The lowest BCUT2D eigenvalue weighted by Crippen LogP contribution is -2.54. The van der Waals surface area contributed by atoms with Gasteiger partial charge < -0.3 is 5.32 Å². The molecule has 0 spiro atoms. The first kappa shape index (κ1) is 12.5. The van der Waals surface area contributed by atoms with Crippen LogP contribution in [0.2, 0.25) is 0 Å². The molecule has 0 saturated carbocycles. The monoisotopic (exact) mass is 234 g/mol. The molecule has 0 radical (unpaired) electrons. The molecule has 3 unspecified atom stereocenters. The summed E-state index contributed by atoms with van der Waals surface area (Å²) in [6.07, 6.45) is 3.55. The fourth-order valence-electron chi connectivity index (χ4n) is 2.58. The van der Waals surface area contributed by atoms with Crippen LogP contribution in [0.25, 0.3) is 0 Å². The largest absolute Gasteiger partial charge is 0.311 e. The van der Waals surface area contributed by atoms with Crippen molar-refractivity contribution >= 4 is 0 Å². The van der Waals surface area contributed by atoms with Crippen molar-refractivity contribution < 1.29 is 0 Å². The molecule has 1 aliphatic heterocycles. The summed E-state index contributed by atoms with van der Waals surface area (Å²) in [5.41, 5.74) is 2.15. The fraction of sp³-hybridized carbons (Fsp3) is 0.692. The molecule has 4 nitrogen and oxygen atoms in total. The Morgan fingerprint density at radius 3 is 2.76 bits per heavy atom. The highest BCUT2D eigenvalue weighted by Crippen LogP contribution is 2.24. The summed E-state index contributed by atoms with van der Waals surface area (Å²) in [4.78, 5) is 11.3. The van der Waals surface area contributed by atoms with Crippen LogP contribution in [0.4, 0.5) is 0 Å². The van der Waals surface area contributed by atoms with Crippen molar-refractivity contribution in [2.24, 2.45) is 0 Å². The van der Waals surface area contributed by atoms with E-state index in [1.807, 2.05) is 6.92 Å². The third kappa shape index (κ3) is 2.64. The van der Waals surface area contributed by atoms with Crippen molar-refractivity contribution in [1.82, 2.24) is 20.2 Å². The smallest absolute Gasteiger partial charge is 0.0784 e. The molecule has 1 fully saturated rings. The number of nitrogens with one attached hydrogen (secondary N) is 1. The normalized spacial score (nSPS) is 28.0. The zero-order valence-electron chi connectivity index (χ0n) is 11.1. The van der Waals surface area contributed by atoms with Crippen molar-refractivity contribution in [3.8, 4) is 0 Å². The number of piperazine rings is 1. The van der Waals surface area contributed by atoms with E-state index in [0.29, 0.717) is 18.1 Å². The first-order chi connectivity index (χ1) is 8.09. The molecule has 1 N–H and O–H groups in total. The van der Waals surface area contributed by atoms with Gasteiger partial charge in [0.15, 0.2) is 0 Å². The minimum absolute atomic E-state index is 0.336. The first-order valence-electron chi connectivity index (χ1n) is 6.36. The summed E-state index contributed by atoms with van der Waals surface area (Å²) in [7, 11) is 0. The van der Waals surface area contributed by atoms with Gasteiger partial charge in [0.2, 0.25) is 0 Å². The maximum atomic E-state index is 4.49. The second-order valence-electron chi connectivity index (χ2n) is 5.06. The van der Waals surface area contributed by atoms with Gasteiger partial charge in [0, 0.05) is 37.6 Å². The average molecular weight is 234 g/mol. The highest BCUT2D eigenvalue weighted by Gasteiger charge is 2.28. The van der Waals surface area contributed by atoms with Gasteiger partial charge in [-0.25, -0.2) is 0 Å². The number of hydrogen-bond acceptors (Lipinski definition) is 4. The molecular weight excluding hydrogens is 212 g/mol. The van der Waals surface area contributed by atoms with Crippen LogP contribution >= 0.6 is 0 Å². The maximum Gasteiger partial charge on any atom is 0.0784 e. The van der Waals surface area contributed by atoms with Gasteiger partial charge >= 0.3 is 0 Å². The molecule has 0 amide bonds. The lowest BCUT2D eigenvalue weighted by Gasteiger charge is -2.41. The summed E-state index contributed by atoms with van der Waals surface area (Å²) in [5, 5.41) is 3.50. The third-order valence-corrected chi connectivity index (χ3v) is 3.62. The predicted molar refractivity (Wildman–Crippen MR) is 68.8 cm³/mol. The molecule has 1 saturated heterocycles. The standard InChI is InChI=1S/C13H22N4/c1-9-8-17(10(2)7-16-9)12(4)13-11(3)14-5-6-15-13/h5-6,9-10,12,16H,7-8H2,1-4H3. The molecule has 2 rings (SSSR count). The molecule has 1 aromatic rings. The van der Waals surface area contributed by atoms with Gasteiger partial charge in [-0.3, -0.25) is 14.9 Å². The number of nitrogens with zero attached hydrogens (tertiary/aromatic N) is 3. The third-order valence-electron chi connectivity index (χ3n) is 3.62. The van der Waals surface area contributed by atoms with Gasteiger partial charge in [0.1, 0.15) is 0 Å². The molecule has 0 bridgehead atoms. The van der Waals surface area contributed by atoms with E-state index >= 15 is 0 Å².